The van der Waals surface area contributed by atoms with Crippen molar-refractivity contribution >= 4 is 40.2 Å². The molecule has 1 aliphatic carbocycles. The first-order chi connectivity index (χ1) is 12.6. The topological polar surface area (TPSA) is 46.3 Å². The van der Waals surface area contributed by atoms with Gasteiger partial charge in [0.2, 0.25) is 5.89 Å². The maximum atomic E-state index is 13.1. The molecule has 0 spiro atoms. The molecule has 2 aromatic carbocycles. The number of nitrogens with zero attached hydrogens (tertiary/aromatic N) is 2. The third-order valence-corrected chi connectivity index (χ3v) is 5.30. The van der Waals surface area contributed by atoms with Gasteiger partial charge in [-0.25, -0.2) is 4.98 Å². The smallest absolute Gasteiger partial charge is 0.254 e. The molecule has 4 nitrogen and oxygen atoms in total. The number of fused-ring (bicyclic) bond motifs is 1. The predicted molar refractivity (Wildman–Crippen MR) is 103 cm³/mol. The summed E-state index contributed by atoms with van der Waals surface area (Å²) >= 11 is 12.0. The Morgan fingerprint density at radius 3 is 2.50 bits per heavy atom. The zero-order valence-electron chi connectivity index (χ0n) is 14.1. The van der Waals surface area contributed by atoms with Crippen molar-refractivity contribution in [3.05, 3.63) is 64.0 Å². The minimum absolute atomic E-state index is 0.0196. The fraction of sp³-hybridized carbons (Fsp3) is 0.300. The highest BCUT2D eigenvalue weighted by molar-refractivity contribution is 6.31. The molecule has 1 fully saturated rings. The van der Waals surface area contributed by atoms with Gasteiger partial charge in [0.25, 0.3) is 5.91 Å². The lowest BCUT2D eigenvalue weighted by Gasteiger charge is -2.28. The summed E-state index contributed by atoms with van der Waals surface area (Å²) < 4.78 is 5.83. The molecule has 0 saturated heterocycles. The van der Waals surface area contributed by atoms with Crippen molar-refractivity contribution in [2.75, 3.05) is 0 Å². The van der Waals surface area contributed by atoms with Crippen LogP contribution >= 0.6 is 23.2 Å². The Bertz CT molecular complexity index is 931. The maximum Gasteiger partial charge on any atom is 0.254 e. The van der Waals surface area contributed by atoms with Crippen LogP contribution in [0.1, 0.15) is 41.9 Å². The van der Waals surface area contributed by atoms with E-state index in [9.17, 15) is 4.79 Å². The molecule has 0 aliphatic heterocycles. The van der Waals surface area contributed by atoms with Crippen molar-refractivity contribution in [2.24, 2.45) is 0 Å². The van der Waals surface area contributed by atoms with Gasteiger partial charge in [0, 0.05) is 21.7 Å². The number of carbonyl (C=O) groups excluding carboxylic acids is 1. The van der Waals surface area contributed by atoms with Crippen LogP contribution in [0.4, 0.5) is 0 Å². The molecule has 26 heavy (non-hydrogen) atoms. The minimum atomic E-state index is -0.0196. The van der Waals surface area contributed by atoms with Crippen LogP contribution in [0.15, 0.2) is 46.9 Å². The minimum Gasteiger partial charge on any atom is -0.439 e. The summed E-state index contributed by atoms with van der Waals surface area (Å²) in [6.45, 7) is 0.346. The zero-order valence-corrected chi connectivity index (χ0v) is 15.6. The molecule has 0 bridgehead atoms. The summed E-state index contributed by atoms with van der Waals surface area (Å²) in [6, 6.07) is 12.5. The second-order valence-electron chi connectivity index (χ2n) is 6.60. The van der Waals surface area contributed by atoms with E-state index in [1.807, 2.05) is 4.90 Å². The second kappa shape index (κ2) is 7.29. The molecular formula is C20H18Cl2N2O2. The Kier molecular flexibility index (Phi) is 4.88. The maximum absolute atomic E-state index is 13.1. The summed E-state index contributed by atoms with van der Waals surface area (Å²) in [7, 11) is 0. The van der Waals surface area contributed by atoms with Crippen molar-refractivity contribution in [3.63, 3.8) is 0 Å². The quantitative estimate of drug-likeness (QED) is 0.573. The molecular weight excluding hydrogens is 371 g/mol. The molecule has 0 unspecified atom stereocenters. The SMILES string of the molecule is O=C(c1ccc(Cl)cc1)N(Cc1nc2cc(Cl)ccc2o1)C1CCCC1. The lowest BCUT2D eigenvalue weighted by atomic mass is 10.1. The predicted octanol–water partition coefficient (Wildman–Crippen LogP) is 5.72. The largest absolute Gasteiger partial charge is 0.439 e. The van der Waals surface area contributed by atoms with E-state index < -0.39 is 0 Å². The van der Waals surface area contributed by atoms with Crippen LogP contribution in [0, 0.1) is 0 Å². The van der Waals surface area contributed by atoms with E-state index >= 15 is 0 Å². The van der Waals surface area contributed by atoms with Gasteiger partial charge in [-0.05, 0) is 55.3 Å². The van der Waals surface area contributed by atoms with E-state index in [1.165, 1.54) is 0 Å². The summed E-state index contributed by atoms with van der Waals surface area (Å²) in [4.78, 5) is 19.5. The zero-order chi connectivity index (χ0) is 18.1. The van der Waals surface area contributed by atoms with E-state index in [4.69, 9.17) is 27.6 Å². The molecule has 6 heteroatoms. The third-order valence-electron chi connectivity index (χ3n) is 4.82. The van der Waals surface area contributed by atoms with E-state index in [-0.39, 0.29) is 11.9 Å². The van der Waals surface area contributed by atoms with Gasteiger partial charge < -0.3 is 9.32 Å². The Labute approximate surface area is 161 Å². The summed E-state index contributed by atoms with van der Waals surface area (Å²) in [6.07, 6.45) is 4.28. The number of oxazole rings is 1. The number of aromatic nitrogens is 1. The van der Waals surface area contributed by atoms with Gasteiger partial charge >= 0.3 is 0 Å². The first kappa shape index (κ1) is 17.4. The third kappa shape index (κ3) is 3.57. The van der Waals surface area contributed by atoms with E-state index in [2.05, 4.69) is 4.98 Å². The highest BCUT2D eigenvalue weighted by Gasteiger charge is 2.29. The Morgan fingerprint density at radius 2 is 1.77 bits per heavy atom. The molecule has 1 heterocycles. The molecule has 1 aliphatic rings. The van der Waals surface area contributed by atoms with E-state index in [0.29, 0.717) is 39.1 Å². The summed E-state index contributed by atoms with van der Waals surface area (Å²) in [5.74, 6) is 0.505. The fourth-order valence-corrected chi connectivity index (χ4v) is 3.79. The van der Waals surface area contributed by atoms with Crippen LogP contribution in [0.5, 0.6) is 0 Å². The number of hydrogen-bond acceptors (Lipinski definition) is 3. The first-order valence-electron chi connectivity index (χ1n) is 8.72. The van der Waals surface area contributed by atoms with Crippen LogP contribution in [0.3, 0.4) is 0 Å². The average Bonchev–Trinajstić information content (AvgIpc) is 3.28. The van der Waals surface area contributed by atoms with E-state index in [1.54, 1.807) is 42.5 Å². The van der Waals surface area contributed by atoms with E-state index in [0.717, 1.165) is 25.7 Å². The molecule has 1 aromatic heterocycles. The van der Waals surface area contributed by atoms with Gasteiger partial charge in [0.1, 0.15) is 5.52 Å². The van der Waals surface area contributed by atoms with Gasteiger partial charge in [0.05, 0.1) is 6.54 Å². The Morgan fingerprint density at radius 1 is 1.08 bits per heavy atom. The average molecular weight is 389 g/mol. The lowest BCUT2D eigenvalue weighted by Crippen LogP contribution is -2.38. The van der Waals surface area contributed by atoms with Gasteiger partial charge in [-0.1, -0.05) is 36.0 Å². The molecule has 3 aromatic rings. The normalized spacial score (nSPS) is 14.8. The number of rotatable bonds is 4. The molecule has 0 atom stereocenters. The molecule has 0 N–H and O–H groups in total. The van der Waals surface area contributed by atoms with Gasteiger partial charge in [-0.3, -0.25) is 4.79 Å². The number of halogens is 2. The van der Waals surface area contributed by atoms with Crippen LogP contribution in [-0.4, -0.2) is 21.8 Å². The number of benzene rings is 2. The van der Waals surface area contributed by atoms with Crippen LogP contribution in [0.2, 0.25) is 10.0 Å². The number of hydrogen-bond donors (Lipinski definition) is 0. The number of amides is 1. The number of carbonyl (C=O) groups is 1. The fourth-order valence-electron chi connectivity index (χ4n) is 3.50. The molecule has 1 amide bonds. The van der Waals surface area contributed by atoms with Crippen LogP contribution < -0.4 is 0 Å². The highest BCUT2D eigenvalue weighted by Crippen LogP contribution is 2.28. The van der Waals surface area contributed by atoms with Crippen LogP contribution in [-0.2, 0) is 6.54 Å². The first-order valence-corrected chi connectivity index (χ1v) is 9.47. The van der Waals surface area contributed by atoms with Crippen molar-refractivity contribution in [3.8, 4) is 0 Å². The molecule has 4 rings (SSSR count). The molecule has 134 valence electrons. The standard InChI is InChI=1S/C20H18Cl2N2O2/c21-14-7-5-13(6-8-14)20(25)24(16-3-1-2-4-16)12-19-23-17-11-15(22)9-10-18(17)26-19/h5-11,16H,1-4,12H2. The molecule has 1 saturated carbocycles. The lowest BCUT2D eigenvalue weighted by molar-refractivity contribution is 0.0646. The van der Waals surface area contributed by atoms with Gasteiger partial charge in [-0.15, -0.1) is 0 Å². The Balaban J connectivity index is 1.63. The van der Waals surface area contributed by atoms with Crippen molar-refractivity contribution < 1.29 is 9.21 Å². The van der Waals surface area contributed by atoms with Gasteiger partial charge in [0.15, 0.2) is 5.58 Å². The van der Waals surface area contributed by atoms with Crippen molar-refractivity contribution in [1.29, 1.82) is 0 Å². The highest BCUT2D eigenvalue weighted by atomic mass is 35.5. The monoisotopic (exact) mass is 388 g/mol. The van der Waals surface area contributed by atoms with Crippen molar-refractivity contribution in [1.82, 2.24) is 9.88 Å². The molecule has 0 radical (unpaired) electrons. The second-order valence-corrected chi connectivity index (χ2v) is 7.47. The van der Waals surface area contributed by atoms with Crippen LogP contribution in [0.25, 0.3) is 11.1 Å². The Hall–Kier alpha value is -2.04. The summed E-state index contributed by atoms with van der Waals surface area (Å²) in [5.41, 5.74) is 2.01. The summed E-state index contributed by atoms with van der Waals surface area (Å²) in [5, 5.41) is 1.23. The van der Waals surface area contributed by atoms with Crippen molar-refractivity contribution in [2.45, 2.75) is 38.3 Å². The van der Waals surface area contributed by atoms with Gasteiger partial charge in [-0.2, -0.15) is 0 Å².